The molecular formula is C14H14N4S. The summed E-state index contributed by atoms with van der Waals surface area (Å²) < 4.78 is 0. The molecule has 96 valence electrons. The van der Waals surface area contributed by atoms with Crippen LogP contribution in [0.15, 0.2) is 46.7 Å². The van der Waals surface area contributed by atoms with Crippen LogP contribution in [0.1, 0.15) is 11.1 Å². The van der Waals surface area contributed by atoms with Crippen molar-refractivity contribution in [1.29, 1.82) is 0 Å². The minimum Gasteiger partial charge on any atom is -0.333 e. The molecule has 0 bridgehead atoms. The highest BCUT2D eigenvalue weighted by Gasteiger charge is 2.07. The summed E-state index contributed by atoms with van der Waals surface area (Å²) in [5.74, 6) is 0. The number of nitrogens with zero attached hydrogens (tertiary/aromatic N) is 2. The summed E-state index contributed by atoms with van der Waals surface area (Å²) in [7, 11) is 0. The molecule has 2 aromatic heterocycles. The SMILES string of the molecule is Cc1cc(CN)cnc1Sc1nc2ccccc2[nH]1. The monoisotopic (exact) mass is 270 g/mol. The number of aromatic amines is 1. The first-order valence-electron chi connectivity index (χ1n) is 6.04. The van der Waals surface area contributed by atoms with E-state index in [1.807, 2.05) is 37.4 Å². The lowest BCUT2D eigenvalue weighted by Crippen LogP contribution is -1.98. The lowest BCUT2D eigenvalue weighted by atomic mass is 10.2. The van der Waals surface area contributed by atoms with Crippen LogP contribution >= 0.6 is 11.8 Å². The van der Waals surface area contributed by atoms with Gasteiger partial charge in [0.1, 0.15) is 5.03 Å². The van der Waals surface area contributed by atoms with E-state index in [4.69, 9.17) is 5.73 Å². The van der Waals surface area contributed by atoms with Crippen molar-refractivity contribution in [1.82, 2.24) is 15.0 Å². The number of aryl methyl sites for hydroxylation is 1. The highest BCUT2D eigenvalue weighted by molar-refractivity contribution is 7.99. The van der Waals surface area contributed by atoms with Crippen molar-refractivity contribution < 1.29 is 0 Å². The molecule has 0 amide bonds. The van der Waals surface area contributed by atoms with Crippen molar-refractivity contribution in [3.8, 4) is 0 Å². The van der Waals surface area contributed by atoms with Crippen LogP contribution in [0.2, 0.25) is 0 Å². The smallest absolute Gasteiger partial charge is 0.172 e. The van der Waals surface area contributed by atoms with Crippen LogP contribution in [0.25, 0.3) is 11.0 Å². The van der Waals surface area contributed by atoms with Crippen LogP contribution in [0.3, 0.4) is 0 Å². The number of para-hydroxylation sites is 2. The molecule has 2 heterocycles. The zero-order valence-electron chi connectivity index (χ0n) is 10.6. The largest absolute Gasteiger partial charge is 0.333 e. The van der Waals surface area contributed by atoms with Crippen molar-refractivity contribution in [3.63, 3.8) is 0 Å². The lowest BCUT2D eigenvalue weighted by molar-refractivity contribution is 0.980. The molecule has 0 unspecified atom stereocenters. The second kappa shape index (κ2) is 5.03. The molecule has 5 heteroatoms. The van der Waals surface area contributed by atoms with Gasteiger partial charge in [-0.05, 0) is 41.9 Å². The Morgan fingerprint density at radius 3 is 2.89 bits per heavy atom. The molecule has 3 rings (SSSR count). The number of benzene rings is 1. The highest BCUT2D eigenvalue weighted by atomic mass is 32.2. The predicted octanol–water partition coefficient (Wildman–Crippen LogP) is 2.88. The van der Waals surface area contributed by atoms with Gasteiger partial charge in [0.25, 0.3) is 0 Å². The highest BCUT2D eigenvalue weighted by Crippen LogP contribution is 2.28. The number of imidazole rings is 1. The van der Waals surface area contributed by atoms with Crippen molar-refractivity contribution in [2.75, 3.05) is 0 Å². The Hall–Kier alpha value is -1.85. The maximum atomic E-state index is 5.61. The maximum absolute atomic E-state index is 5.61. The number of nitrogens with two attached hydrogens (primary N) is 1. The van der Waals surface area contributed by atoms with Crippen LogP contribution in [0, 0.1) is 6.92 Å². The van der Waals surface area contributed by atoms with Gasteiger partial charge < -0.3 is 10.7 Å². The molecule has 19 heavy (non-hydrogen) atoms. The molecule has 0 aliphatic heterocycles. The first-order chi connectivity index (χ1) is 9.26. The van der Waals surface area contributed by atoms with Crippen LogP contribution in [-0.4, -0.2) is 15.0 Å². The predicted molar refractivity (Wildman–Crippen MR) is 77.1 cm³/mol. The van der Waals surface area contributed by atoms with Crippen LogP contribution in [0.5, 0.6) is 0 Å². The van der Waals surface area contributed by atoms with Crippen molar-refractivity contribution in [2.45, 2.75) is 23.7 Å². The number of aromatic nitrogens is 3. The van der Waals surface area contributed by atoms with Gasteiger partial charge in [-0.2, -0.15) is 0 Å². The summed E-state index contributed by atoms with van der Waals surface area (Å²) in [6.45, 7) is 2.56. The quantitative estimate of drug-likeness (QED) is 0.768. The van der Waals surface area contributed by atoms with Crippen molar-refractivity contribution >= 4 is 22.8 Å². The van der Waals surface area contributed by atoms with Gasteiger partial charge in [0.05, 0.1) is 11.0 Å². The van der Waals surface area contributed by atoms with E-state index < -0.39 is 0 Å². The van der Waals surface area contributed by atoms with Gasteiger partial charge in [0.2, 0.25) is 0 Å². The van der Waals surface area contributed by atoms with Gasteiger partial charge in [-0.1, -0.05) is 18.2 Å². The summed E-state index contributed by atoms with van der Waals surface area (Å²) in [5, 5.41) is 1.81. The molecule has 0 saturated heterocycles. The summed E-state index contributed by atoms with van der Waals surface area (Å²) in [6.07, 6.45) is 1.82. The Morgan fingerprint density at radius 2 is 2.16 bits per heavy atom. The first-order valence-corrected chi connectivity index (χ1v) is 6.86. The van der Waals surface area contributed by atoms with Crippen LogP contribution in [-0.2, 0) is 6.54 Å². The Bertz CT molecular complexity index is 687. The minimum atomic E-state index is 0.517. The van der Waals surface area contributed by atoms with E-state index in [0.717, 1.165) is 32.3 Å². The average molecular weight is 270 g/mol. The molecule has 0 aliphatic carbocycles. The third-order valence-electron chi connectivity index (χ3n) is 2.88. The van der Waals surface area contributed by atoms with Crippen LogP contribution in [0.4, 0.5) is 0 Å². The van der Waals surface area contributed by atoms with E-state index in [0.29, 0.717) is 6.54 Å². The van der Waals surface area contributed by atoms with Gasteiger partial charge in [-0.3, -0.25) is 0 Å². The fraction of sp³-hybridized carbons (Fsp3) is 0.143. The molecular weight excluding hydrogens is 256 g/mol. The number of rotatable bonds is 3. The minimum absolute atomic E-state index is 0.517. The number of H-pyrrole nitrogens is 1. The third kappa shape index (κ3) is 2.47. The van der Waals surface area contributed by atoms with Crippen molar-refractivity contribution in [2.24, 2.45) is 5.73 Å². The number of hydrogen-bond acceptors (Lipinski definition) is 4. The summed E-state index contributed by atoms with van der Waals surface area (Å²) in [4.78, 5) is 12.3. The number of pyridine rings is 1. The second-order valence-electron chi connectivity index (χ2n) is 4.33. The maximum Gasteiger partial charge on any atom is 0.172 e. The average Bonchev–Trinajstić information content (AvgIpc) is 2.83. The van der Waals surface area contributed by atoms with Gasteiger partial charge in [0.15, 0.2) is 5.16 Å². The van der Waals surface area contributed by atoms with Gasteiger partial charge >= 0.3 is 0 Å². The van der Waals surface area contributed by atoms with E-state index in [1.54, 1.807) is 11.8 Å². The number of nitrogens with one attached hydrogen (secondary N) is 1. The molecule has 3 aromatic rings. The normalized spacial score (nSPS) is 11.1. The Kier molecular flexibility index (Phi) is 3.23. The zero-order chi connectivity index (χ0) is 13.2. The van der Waals surface area contributed by atoms with E-state index in [9.17, 15) is 0 Å². The number of fused-ring (bicyclic) bond motifs is 1. The molecule has 0 radical (unpaired) electrons. The Labute approximate surface area is 115 Å². The summed E-state index contributed by atoms with van der Waals surface area (Å²) >= 11 is 1.54. The standard InChI is InChI=1S/C14H14N4S/c1-9-6-10(7-15)8-16-13(9)19-14-17-11-4-2-3-5-12(11)18-14/h2-6,8H,7,15H2,1H3,(H,17,18). The molecule has 0 aliphatic rings. The zero-order valence-corrected chi connectivity index (χ0v) is 11.4. The Balaban J connectivity index is 1.92. The fourth-order valence-corrected chi connectivity index (χ4v) is 2.72. The molecule has 3 N–H and O–H groups in total. The van der Waals surface area contributed by atoms with E-state index in [1.165, 1.54) is 0 Å². The molecule has 1 aromatic carbocycles. The van der Waals surface area contributed by atoms with E-state index >= 15 is 0 Å². The first kappa shape index (κ1) is 12.2. The summed E-state index contributed by atoms with van der Waals surface area (Å²) in [5.41, 5.74) is 9.79. The molecule has 0 spiro atoms. The second-order valence-corrected chi connectivity index (χ2v) is 5.31. The molecule has 0 atom stereocenters. The van der Waals surface area contributed by atoms with E-state index in [-0.39, 0.29) is 0 Å². The summed E-state index contributed by atoms with van der Waals surface area (Å²) in [6, 6.07) is 10.1. The topological polar surface area (TPSA) is 67.6 Å². The van der Waals surface area contributed by atoms with Gasteiger partial charge in [0, 0.05) is 12.7 Å². The van der Waals surface area contributed by atoms with Gasteiger partial charge in [-0.15, -0.1) is 0 Å². The molecule has 4 nitrogen and oxygen atoms in total. The fourth-order valence-electron chi connectivity index (χ4n) is 1.91. The number of hydrogen-bond donors (Lipinski definition) is 2. The lowest BCUT2D eigenvalue weighted by Gasteiger charge is -2.04. The van der Waals surface area contributed by atoms with Crippen molar-refractivity contribution in [3.05, 3.63) is 47.7 Å². The van der Waals surface area contributed by atoms with E-state index in [2.05, 4.69) is 21.0 Å². The molecule has 0 saturated carbocycles. The molecule has 0 fully saturated rings. The third-order valence-corrected chi connectivity index (χ3v) is 3.89. The Morgan fingerprint density at radius 1 is 1.32 bits per heavy atom. The van der Waals surface area contributed by atoms with Crippen LogP contribution < -0.4 is 5.73 Å². The van der Waals surface area contributed by atoms with Gasteiger partial charge in [-0.25, -0.2) is 9.97 Å².